The largest absolute Gasteiger partial charge is 0.478 e. The van der Waals surface area contributed by atoms with E-state index >= 15 is 0 Å². The summed E-state index contributed by atoms with van der Waals surface area (Å²) >= 11 is 0. The van der Waals surface area contributed by atoms with Crippen LogP contribution in [0.5, 0.6) is 0 Å². The zero-order valence-electron chi connectivity index (χ0n) is 10.9. The SMILES string of the molecule is COCC(Cn1cnc2c(C(=O)O)cccc21)OC. The van der Waals surface area contributed by atoms with Crippen LogP contribution in [0.4, 0.5) is 0 Å². The lowest BCUT2D eigenvalue weighted by atomic mass is 10.2. The van der Waals surface area contributed by atoms with E-state index in [1.54, 1.807) is 32.7 Å². The van der Waals surface area contributed by atoms with Crippen molar-refractivity contribution in [1.82, 2.24) is 9.55 Å². The molecule has 0 aliphatic carbocycles. The number of carbonyl (C=O) groups is 1. The number of aromatic carboxylic acids is 1. The Morgan fingerprint density at radius 1 is 1.47 bits per heavy atom. The van der Waals surface area contributed by atoms with Gasteiger partial charge in [0, 0.05) is 14.2 Å². The number of nitrogens with zero attached hydrogens (tertiary/aromatic N) is 2. The van der Waals surface area contributed by atoms with Crippen molar-refractivity contribution in [2.75, 3.05) is 20.8 Å². The van der Waals surface area contributed by atoms with Gasteiger partial charge in [0.25, 0.3) is 0 Å². The van der Waals surface area contributed by atoms with Crippen molar-refractivity contribution in [3.8, 4) is 0 Å². The van der Waals surface area contributed by atoms with Gasteiger partial charge in [0.05, 0.1) is 36.7 Å². The topological polar surface area (TPSA) is 73.6 Å². The molecule has 0 saturated carbocycles. The van der Waals surface area contributed by atoms with E-state index in [1.807, 2.05) is 10.6 Å². The standard InChI is InChI=1S/C13H16N2O4/c1-18-7-9(19-2)6-15-8-14-12-10(13(16)17)4-3-5-11(12)15/h3-5,8-9H,6-7H2,1-2H3,(H,16,17). The van der Waals surface area contributed by atoms with E-state index in [1.165, 1.54) is 0 Å². The van der Waals surface area contributed by atoms with Gasteiger partial charge < -0.3 is 19.1 Å². The average molecular weight is 264 g/mol. The molecule has 6 heteroatoms. The van der Waals surface area contributed by atoms with Crippen LogP contribution < -0.4 is 0 Å². The first-order valence-corrected chi connectivity index (χ1v) is 5.86. The highest BCUT2D eigenvalue weighted by Crippen LogP contribution is 2.18. The second-order valence-corrected chi connectivity index (χ2v) is 4.19. The summed E-state index contributed by atoms with van der Waals surface area (Å²) in [5, 5.41) is 9.11. The molecule has 1 atom stereocenters. The number of methoxy groups -OCH3 is 2. The number of ether oxygens (including phenoxy) is 2. The molecule has 2 rings (SSSR count). The fourth-order valence-electron chi connectivity index (χ4n) is 2.01. The minimum atomic E-state index is -0.976. The highest BCUT2D eigenvalue weighted by molar-refractivity contribution is 6.00. The van der Waals surface area contributed by atoms with E-state index < -0.39 is 5.97 Å². The highest BCUT2D eigenvalue weighted by Gasteiger charge is 2.14. The maximum absolute atomic E-state index is 11.1. The molecule has 2 aromatic rings. The summed E-state index contributed by atoms with van der Waals surface area (Å²) in [7, 11) is 3.23. The summed E-state index contributed by atoms with van der Waals surface area (Å²) in [6.07, 6.45) is 1.52. The van der Waals surface area contributed by atoms with Crippen molar-refractivity contribution in [3.05, 3.63) is 30.1 Å². The Balaban J connectivity index is 2.35. The number of para-hydroxylation sites is 1. The molecule has 1 aromatic carbocycles. The van der Waals surface area contributed by atoms with Gasteiger partial charge in [-0.2, -0.15) is 0 Å². The van der Waals surface area contributed by atoms with E-state index in [0.717, 1.165) is 5.52 Å². The summed E-state index contributed by atoms with van der Waals surface area (Å²) in [6.45, 7) is 1.03. The molecule has 0 amide bonds. The van der Waals surface area contributed by atoms with E-state index in [4.69, 9.17) is 14.6 Å². The first-order chi connectivity index (χ1) is 9.17. The summed E-state index contributed by atoms with van der Waals surface area (Å²) in [5.41, 5.74) is 1.47. The van der Waals surface area contributed by atoms with Gasteiger partial charge in [-0.05, 0) is 12.1 Å². The summed E-state index contributed by atoms with van der Waals surface area (Å²) in [6, 6.07) is 5.10. The molecule has 0 saturated heterocycles. The second-order valence-electron chi connectivity index (χ2n) is 4.19. The Morgan fingerprint density at radius 2 is 2.26 bits per heavy atom. The normalized spacial score (nSPS) is 12.7. The third-order valence-corrected chi connectivity index (χ3v) is 2.97. The number of imidazole rings is 1. The Kier molecular flexibility index (Phi) is 4.13. The molecule has 1 N–H and O–H groups in total. The van der Waals surface area contributed by atoms with E-state index in [-0.39, 0.29) is 11.7 Å². The van der Waals surface area contributed by atoms with Crippen molar-refractivity contribution in [2.24, 2.45) is 0 Å². The van der Waals surface area contributed by atoms with E-state index in [2.05, 4.69) is 4.98 Å². The number of hydrogen-bond acceptors (Lipinski definition) is 4. The first-order valence-electron chi connectivity index (χ1n) is 5.86. The van der Waals surface area contributed by atoms with Crippen molar-refractivity contribution < 1.29 is 19.4 Å². The summed E-state index contributed by atoms with van der Waals surface area (Å²) in [5.74, 6) is -0.976. The van der Waals surface area contributed by atoms with Crippen LogP contribution in [-0.2, 0) is 16.0 Å². The predicted molar refractivity (Wildman–Crippen MR) is 69.4 cm³/mol. The van der Waals surface area contributed by atoms with Crippen LogP contribution in [0.1, 0.15) is 10.4 Å². The number of rotatable bonds is 6. The number of carboxylic acid groups (broad SMARTS) is 1. The molecule has 19 heavy (non-hydrogen) atoms. The Morgan fingerprint density at radius 3 is 2.89 bits per heavy atom. The zero-order valence-corrected chi connectivity index (χ0v) is 10.9. The number of benzene rings is 1. The van der Waals surface area contributed by atoms with Gasteiger partial charge >= 0.3 is 5.97 Å². The molecule has 1 unspecified atom stereocenters. The Bertz CT molecular complexity index is 579. The van der Waals surface area contributed by atoms with Gasteiger partial charge in [-0.3, -0.25) is 0 Å². The molecule has 0 aliphatic rings. The molecule has 6 nitrogen and oxygen atoms in total. The Hall–Kier alpha value is -1.92. The van der Waals surface area contributed by atoms with Crippen LogP contribution in [-0.4, -0.2) is 47.6 Å². The third kappa shape index (κ3) is 2.74. The maximum atomic E-state index is 11.1. The highest BCUT2D eigenvalue weighted by atomic mass is 16.5. The van der Waals surface area contributed by atoms with Gasteiger partial charge in [0.1, 0.15) is 5.52 Å². The molecule has 0 radical (unpaired) electrons. The lowest BCUT2D eigenvalue weighted by Crippen LogP contribution is -2.23. The molecule has 102 valence electrons. The quantitative estimate of drug-likeness (QED) is 0.853. The van der Waals surface area contributed by atoms with Gasteiger partial charge in [-0.25, -0.2) is 9.78 Å². The van der Waals surface area contributed by atoms with Crippen LogP contribution in [0.15, 0.2) is 24.5 Å². The third-order valence-electron chi connectivity index (χ3n) is 2.97. The van der Waals surface area contributed by atoms with Gasteiger partial charge in [0.2, 0.25) is 0 Å². The summed E-state index contributed by atoms with van der Waals surface area (Å²) in [4.78, 5) is 15.3. The van der Waals surface area contributed by atoms with Crippen LogP contribution in [0.2, 0.25) is 0 Å². The lowest BCUT2D eigenvalue weighted by Gasteiger charge is -2.15. The molecular weight excluding hydrogens is 248 g/mol. The fraction of sp³-hybridized carbons (Fsp3) is 0.385. The number of fused-ring (bicyclic) bond motifs is 1. The van der Waals surface area contributed by atoms with Gasteiger partial charge in [-0.15, -0.1) is 0 Å². The average Bonchev–Trinajstić information content (AvgIpc) is 2.81. The van der Waals surface area contributed by atoms with E-state index in [9.17, 15) is 4.79 Å². The van der Waals surface area contributed by atoms with Crippen LogP contribution in [0.3, 0.4) is 0 Å². The van der Waals surface area contributed by atoms with Crippen LogP contribution in [0, 0.1) is 0 Å². The van der Waals surface area contributed by atoms with Crippen molar-refractivity contribution in [3.63, 3.8) is 0 Å². The minimum Gasteiger partial charge on any atom is -0.478 e. The van der Waals surface area contributed by atoms with Gasteiger partial charge in [0.15, 0.2) is 0 Å². The molecule has 0 spiro atoms. The molecular formula is C13H16N2O4. The molecule has 0 fully saturated rings. The van der Waals surface area contributed by atoms with E-state index in [0.29, 0.717) is 18.7 Å². The predicted octanol–water partition coefficient (Wildman–Crippen LogP) is 1.40. The second kappa shape index (κ2) is 5.81. The number of aromatic nitrogens is 2. The monoisotopic (exact) mass is 264 g/mol. The van der Waals surface area contributed by atoms with Gasteiger partial charge in [-0.1, -0.05) is 6.07 Å². The van der Waals surface area contributed by atoms with Crippen molar-refractivity contribution in [2.45, 2.75) is 12.6 Å². The molecule has 0 bridgehead atoms. The minimum absolute atomic E-state index is 0.101. The summed E-state index contributed by atoms with van der Waals surface area (Å²) < 4.78 is 12.2. The number of carboxylic acids is 1. The lowest BCUT2D eigenvalue weighted by molar-refractivity contribution is 0.0190. The van der Waals surface area contributed by atoms with Crippen molar-refractivity contribution >= 4 is 17.0 Å². The molecule has 1 heterocycles. The maximum Gasteiger partial charge on any atom is 0.337 e. The molecule has 1 aromatic heterocycles. The Labute approximate surface area is 110 Å². The van der Waals surface area contributed by atoms with Crippen LogP contribution in [0.25, 0.3) is 11.0 Å². The van der Waals surface area contributed by atoms with Crippen LogP contribution >= 0.6 is 0 Å². The fourth-order valence-corrected chi connectivity index (χ4v) is 2.01. The smallest absolute Gasteiger partial charge is 0.337 e. The number of hydrogen-bond donors (Lipinski definition) is 1. The first kappa shape index (κ1) is 13.5. The van der Waals surface area contributed by atoms with Crippen molar-refractivity contribution in [1.29, 1.82) is 0 Å². The zero-order chi connectivity index (χ0) is 13.8. The molecule has 0 aliphatic heterocycles.